The molecule has 0 aliphatic carbocycles. The van der Waals surface area contributed by atoms with Crippen LogP contribution in [-0.4, -0.2) is 10.2 Å². The molecule has 0 bridgehead atoms. The van der Waals surface area contributed by atoms with Crippen molar-refractivity contribution < 1.29 is 13.2 Å². The van der Waals surface area contributed by atoms with Gasteiger partial charge in [-0.2, -0.15) is 18.3 Å². The number of aromatic nitrogens is 2. The van der Waals surface area contributed by atoms with Crippen molar-refractivity contribution in [2.45, 2.75) is 19.0 Å². The number of alkyl halides is 3. The van der Waals surface area contributed by atoms with Gasteiger partial charge in [0.25, 0.3) is 0 Å². The lowest BCUT2D eigenvalue weighted by atomic mass is 9.97. The third-order valence-corrected chi connectivity index (χ3v) is 4.13. The number of nitrogens with zero attached hydrogens (tertiary/aromatic N) is 1. The van der Waals surface area contributed by atoms with Crippen LogP contribution in [0.25, 0.3) is 22.0 Å². The van der Waals surface area contributed by atoms with Gasteiger partial charge in [0.05, 0.1) is 16.8 Å². The Morgan fingerprint density at radius 1 is 0.960 bits per heavy atom. The number of fused-ring (bicyclic) bond motifs is 1. The van der Waals surface area contributed by atoms with Gasteiger partial charge < -0.3 is 0 Å². The minimum atomic E-state index is -4.35. The lowest BCUT2D eigenvalue weighted by Crippen LogP contribution is -2.05. The highest BCUT2D eigenvalue weighted by atomic mass is 19.4. The zero-order chi connectivity index (χ0) is 18.0. The summed E-state index contributed by atoms with van der Waals surface area (Å²) in [6, 6.07) is 13.0. The summed E-state index contributed by atoms with van der Waals surface area (Å²) in [5, 5.41) is 8.23. The lowest BCUT2D eigenvalue weighted by Gasteiger charge is -2.11. The number of allylic oxidation sites excluding steroid dienone is 2. The summed E-state index contributed by atoms with van der Waals surface area (Å²) in [5.74, 6) is 0. The van der Waals surface area contributed by atoms with E-state index in [1.54, 1.807) is 6.07 Å². The van der Waals surface area contributed by atoms with Crippen LogP contribution in [0, 0.1) is 0 Å². The first-order valence-electron chi connectivity index (χ1n) is 7.83. The van der Waals surface area contributed by atoms with Crippen LogP contribution < -0.4 is 0 Å². The standard InChI is InChI=1S/C20H17F3N2/c1-13(15-6-5-7-16(12-15)20(21,22)23)10-11-14(2)19-17-8-3-4-9-18(17)24-25-19/h3-9,12H,1-2,10-11H2,(H,24,25). The quantitative estimate of drug-likeness (QED) is 0.597. The zero-order valence-electron chi connectivity index (χ0n) is 13.5. The van der Waals surface area contributed by atoms with E-state index in [1.165, 1.54) is 6.07 Å². The number of halogens is 3. The van der Waals surface area contributed by atoms with Crippen molar-refractivity contribution in [1.29, 1.82) is 0 Å². The van der Waals surface area contributed by atoms with Gasteiger partial charge in [0.15, 0.2) is 0 Å². The molecule has 0 spiro atoms. The number of hydrogen-bond acceptors (Lipinski definition) is 1. The highest BCUT2D eigenvalue weighted by Gasteiger charge is 2.30. The molecule has 128 valence electrons. The largest absolute Gasteiger partial charge is 0.416 e. The third kappa shape index (κ3) is 3.65. The maximum Gasteiger partial charge on any atom is 0.416 e. The summed E-state index contributed by atoms with van der Waals surface area (Å²) >= 11 is 0. The van der Waals surface area contributed by atoms with Crippen molar-refractivity contribution in [3.05, 3.63) is 78.5 Å². The van der Waals surface area contributed by atoms with Crippen LogP contribution >= 0.6 is 0 Å². The molecule has 1 N–H and O–H groups in total. The molecule has 25 heavy (non-hydrogen) atoms. The zero-order valence-corrected chi connectivity index (χ0v) is 13.5. The molecule has 0 atom stereocenters. The van der Waals surface area contributed by atoms with Crippen molar-refractivity contribution in [3.8, 4) is 0 Å². The van der Waals surface area contributed by atoms with E-state index in [-0.39, 0.29) is 0 Å². The molecule has 0 saturated heterocycles. The van der Waals surface area contributed by atoms with Crippen LogP contribution in [0.1, 0.15) is 29.7 Å². The number of hydrogen-bond donors (Lipinski definition) is 1. The molecule has 0 unspecified atom stereocenters. The SMILES string of the molecule is C=C(CCC(=C)c1n[nH]c2ccccc12)c1cccc(C(F)(F)F)c1. The normalized spacial score (nSPS) is 11.6. The maximum atomic E-state index is 12.8. The summed E-state index contributed by atoms with van der Waals surface area (Å²) in [4.78, 5) is 0. The molecule has 2 nitrogen and oxygen atoms in total. The molecule has 0 fully saturated rings. The predicted molar refractivity (Wildman–Crippen MR) is 94.8 cm³/mol. The van der Waals surface area contributed by atoms with E-state index in [1.807, 2.05) is 24.3 Å². The molecule has 0 amide bonds. The second-order valence-corrected chi connectivity index (χ2v) is 5.90. The first kappa shape index (κ1) is 17.0. The van der Waals surface area contributed by atoms with Gasteiger partial charge in [-0.3, -0.25) is 5.10 Å². The van der Waals surface area contributed by atoms with Crippen molar-refractivity contribution in [2.75, 3.05) is 0 Å². The molecule has 0 radical (unpaired) electrons. The highest BCUT2D eigenvalue weighted by Crippen LogP contribution is 2.32. The average molecular weight is 342 g/mol. The Hall–Kier alpha value is -2.82. The number of benzene rings is 2. The topological polar surface area (TPSA) is 28.7 Å². The van der Waals surface area contributed by atoms with E-state index in [0.29, 0.717) is 24.0 Å². The Bertz CT molecular complexity index is 935. The molecule has 0 aliphatic rings. The van der Waals surface area contributed by atoms with Gasteiger partial charge in [-0.15, -0.1) is 0 Å². The average Bonchev–Trinajstić information content (AvgIpc) is 3.03. The molecule has 2 aromatic carbocycles. The Balaban J connectivity index is 1.71. The Morgan fingerprint density at radius 3 is 2.44 bits per heavy atom. The van der Waals surface area contributed by atoms with Gasteiger partial charge >= 0.3 is 6.18 Å². The molecule has 5 heteroatoms. The van der Waals surface area contributed by atoms with Crippen molar-refractivity contribution in [3.63, 3.8) is 0 Å². The molecule has 0 aliphatic heterocycles. The van der Waals surface area contributed by atoms with E-state index in [0.717, 1.165) is 34.3 Å². The number of nitrogens with one attached hydrogen (secondary N) is 1. The summed E-state index contributed by atoms with van der Waals surface area (Å²) in [7, 11) is 0. The predicted octanol–water partition coefficient (Wildman–Crippen LogP) is 6.09. The molecular formula is C20H17F3N2. The first-order valence-corrected chi connectivity index (χ1v) is 7.83. The monoisotopic (exact) mass is 342 g/mol. The molecular weight excluding hydrogens is 325 g/mol. The minimum absolute atomic E-state index is 0.495. The summed E-state index contributed by atoms with van der Waals surface area (Å²) < 4.78 is 38.5. The number of rotatable bonds is 5. The number of H-pyrrole nitrogens is 1. The van der Waals surface area contributed by atoms with Crippen LogP contribution in [0.3, 0.4) is 0 Å². The van der Waals surface area contributed by atoms with Crippen molar-refractivity contribution in [1.82, 2.24) is 10.2 Å². The summed E-state index contributed by atoms with van der Waals surface area (Å²) in [6.45, 7) is 7.99. The fourth-order valence-electron chi connectivity index (χ4n) is 2.71. The number of aromatic amines is 1. The van der Waals surface area contributed by atoms with Crippen LogP contribution in [0.5, 0.6) is 0 Å². The van der Waals surface area contributed by atoms with Gasteiger partial charge in [-0.1, -0.05) is 43.5 Å². The smallest absolute Gasteiger partial charge is 0.277 e. The van der Waals surface area contributed by atoms with Gasteiger partial charge in [0.2, 0.25) is 0 Å². The Labute approximate surface area is 143 Å². The Morgan fingerprint density at radius 2 is 1.68 bits per heavy atom. The maximum absolute atomic E-state index is 12.8. The van der Waals surface area contributed by atoms with Crippen LogP contribution in [0.2, 0.25) is 0 Å². The molecule has 3 rings (SSSR count). The molecule has 0 saturated carbocycles. The van der Waals surface area contributed by atoms with Crippen LogP contribution in [-0.2, 0) is 6.18 Å². The third-order valence-electron chi connectivity index (χ3n) is 4.13. The van der Waals surface area contributed by atoms with E-state index in [2.05, 4.69) is 23.4 Å². The van der Waals surface area contributed by atoms with Gasteiger partial charge in [0, 0.05) is 5.39 Å². The van der Waals surface area contributed by atoms with Crippen molar-refractivity contribution in [2.24, 2.45) is 0 Å². The van der Waals surface area contributed by atoms with Gasteiger partial charge in [-0.05, 0) is 47.8 Å². The lowest BCUT2D eigenvalue weighted by molar-refractivity contribution is -0.137. The van der Waals surface area contributed by atoms with Crippen LogP contribution in [0.4, 0.5) is 13.2 Å². The molecule has 1 aromatic heterocycles. The fourth-order valence-corrected chi connectivity index (χ4v) is 2.71. The highest BCUT2D eigenvalue weighted by molar-refractivity contribution is 5.90. The van der Waals surface area contributed by atoms with E-state index in [4.69, 9.17) is 0 Å². The van der Waals surface area contributed by atoms with E-state index >= 15 is 0 Å². The summed E-state index contributed by atoms with van der Waals surface area (Å²) in [5.41, 5.74) is 3.01. The van der Waals surface area contributed by atoms with E-state index in [9.17, 15) is 13.2 Å². The second kappa shape index (κ2) is 6.59. The summed E-state index contributed by atoms with van der Waals surface area (Å²) in [6.07, 6.45) is -3.26. The molecule has 1 heterocycles. The van der Waals surface area contributed by atoms with Gasteiger partial charge in [0.1, 0.15) is 0 Å². The fraction of sp³-hybridized carbons (Fsp3) is 0.150. The van der Waals surface area contributed by atoms with E-state index < -0.39 is 11.7 Å². The first-order chi connectivity index (χ1) is 11.9. The van der Waals surface area contributed by atoms with Crippen LogP contribution in [0.15, 0.2) is 61.7 Å². The second-order valence-electron chi connectivity index (χ2n) is 5.90. The Kier molecular flexibility index (Phi) is 4.49. The minimum Gasteiger partial charge on any atom is -0.277 e. The van der Waals surface area contributed by atoms with Gasteiger partial charge in [-0.25, -0.2) is 0 Å². The number of para-hydroxylation sites is 1. The van der Waals surface area contributed by atoms with Crippen molar-refractivity contribution >= 4 is 22.0 Å². The molecule has 3 aromatic rings.